The third-order valence-electron chi connectivity index (χ3n) is 3.07. The first-order valence-electron chi connectivity index (χ1n) is 6.55. The minimum Gasteiger partial charge on any atom is -0.477 e. The van der Waals surface area contributed by atoms with Gasteiger partial charge in [-0.05, 0) is 13.0 Å². The van der Waals surface area contributed by atoms with Crippen molar-refractivity contribution in [1.29, 1.82) is 10.5 Å². The summed E-state index contributed by atoms with van der Waals surface area (Å²) in [6.45, 7) is 1.92. The highest BCUT2D eigenvalue weighted by Gasteiger charge is 2.26. The van der Waals surface area contributed by atoms with Gasteiger partial charge in [-0.2, -0.15) is 15.5 Å². The van der Waals surface area contributed by atoms with Gasteiger partial charge >= 0.3 is 0 Å². The molecule has 8 heteroatoms. The van der Waals surface area contributed by atoms with Gasteiger partial charge in [-0.15, -0.1) is 0 Å². The lowest BCUT2D eigenvalue weighted by atomic mass is 9.95. The summed E-state index contributed by atoms with van der Waals surface area (Å²) in [5.74, 6) is -0.206. The molecule has 0 aliphatic carbocycles. The molecule has 0 bridgehead atoms. The Hall–Kier alpha value is -3.65. The number of anilines is 1. The number of benzene rings is 1. The normalized spacial score (nSPS) is 9.70. The van der Waals surface area contributed by atoms with Crippen molar-refractivity contribution in [2.24, 2.45) is 0 Å². The molecule has 0 spiro atoms. The molecule has 1 aromatic heterocycles. The second kappa shape index (κ2) is 6.41. The molecule has 0 atom stereocenters. The maximum absolute atomic E-state index is 11.3. The molecule has 0 saturated heterocycles. The predicted octanol–water partition coefficient (Wildman–Crippen LogP) is 2.38. The van der Waals surface area contributed by atoms with Crippen LogP contribution in [0.4, 0.5) is 11.5 Å². The molecule has 1 heterocycles. The molecule has 0 aliphatic heterocycles. The van der Waals surface area contributed by atoms with Gasteiger partial charge in [0.25, 0.3) is 5.69 Å². The lowest BCUT2D eigenvalue weighted by Crippen LogP contribution is -2.06. The minimum absolute atomic E-state index is 0.0539. The number of nitrogens with zero attached hydrogens (tertiary/aromatic N) is 4. The summed E-state index contributed by atoms with van der Waals surface area (Å²) in [5, 5.41) is 30.0. The molecule has 0 saturated carbocycles. The second-order valence-corrected chi connectivity index (χ2v) is 4.36. The SMILES string of the molecule is CCOc1nc(N)c(C#N)c(-c2ccccc2[N+](=O)[O-])c1C#N. The Morgan fingerprint density at radius 1 is 1.30 bits per heavy atom. The Balaban J connectivity index is 2.94. The van der Waals surface area contributed by atoms with Gasteiger partial charge in [0.2, 0.25) is 5.88 Å². The van der Waals surface area contributed by atoms with E-state index in [0.29, 0.717) is 0 Å². The van der Waals surface area contributed by atoms with Crippen molar-refractivity contribution in [2.45, 2.75) is 6.92 Å². The van der Waals surface area contributed by atoms with Gasteiger partial charge < -0.3 is 10.5 Å². The Bertz CT molecular complexity index is 865. The van der Waals surface area contributed by atoms with Crippen LogP contribution in [0, 0.1) is 32.8 Å². The number of hydrogen-bond acceptors (Lipinski definition) is 7. The summed E-state index contributed by atoms with van der Waals surface area (Å²) >= 11 is 0. The number of para-hydroxylation sites is 1. The molecule has 2 rings (SSSR count). The second-order valence-electron chi connectivity index (χ2n) is 4.36. The largest absolute Gasteiger partial charge is 0.477 e. The summed E-state index contributed by atoms with van der Waals surface area (Å²) in [4.78, 5) is 14.6. The number of rotatable bonds is 4. The number of nitriles is 2. The first-order chi connectivity index (χ1) is 11.0. The van der Waals surface area contributed by atoms with E-state index in [-0.39, 0.29) is 46.2 Å². The molecule has 0 fully saturated rings. The van der Waals surface area contributed by atoms with Crippen LogP contribution in [-0.2, 0) is 0 Å². The third kappa shape index (κ3) is 2.74. The van der Waals surface area contributed by atoms with E-state index < -0.39 is 4.92 Å². The van der Waals surface area contributed by atoms with Crippen LogP contribution in [0.15, 0.2) is 24.3 Å². The van der Waals surface area contributed by atoms with Crippen LogP contribution in [0.5, 0.6) is 5.88 Å². The molecule has 2 N–H and O–H groups in total. The number of aromatic nitrogens is 1. The number of pyridine rings is 1. The Kier molecular flexibility index (Phi) is 4.39. The summed E-state index contributed by atoms with van der Waals surface area (Å²) in [7, 11) is 0. The number of nitro groups is 1. The van der Waals surface area contributed by atoms with E-state index >= 15 is 0 Å². The Morgan fingerprint density at radius 2 is 1.96 bits per heavy atom. The molecular formula is C15H11N5O3. The first kappa shape index (κ1) is 15.7. The number of nitrogens with two attached hydrogens (primary N) is 1. The monoisotopic (exact) mass is 309 g/mol. The van der Waals surface area contributed by atoms with Gasteiger partial charge in [-0.1, -0.05) is 12.1 Å². The number of ether oxygens (including phenoxy) is 1. The van der Waals surface area contributed by atoms with E-state index in [1.807, 2.05) is 12.1 Å². The zero-order chi connectivity index (χ0) is 17.0. The average molecular weight is 309 g/mol. The van der Waals surface area contributed by atoms with Crippen LogP contribution in [0.1, 0.15) is 18.1 Å². The van der Waals surface area contributed by atoms with Crippen LogP contribution in [-0.4, -0.2) is 16.5 Å². The molecule has 0 radical (unpaired) electrons. The Morgan fingerprint density at radius 3 is 2.52 bits per heavy atom. The highest BCUT2D eigenvalue weighted by Crippen LogP contribution is 2.39. The van der Waals surface area contributed by atoms with Crippen molar-refractivity contribution in [1.82, 2.24) is 4.98 Å². The van der Waals surface area contributed by atoms with Crippen molar-refractivity contribution < 1.29 is 9.66 Å². The van der Waals surface area contributed by atoms with E-state index in [9.17, 15) is 20.6 Å². The van der Waals surface area contributed by atoms with Crippen molar-refractivity contribution >= 4 is 11.5 Å². The van der Waals surface area contributed by atoms with E-state index in [1.165, 1.54) is 18.2 Å². The molecule has 0 unspecified atom stereocenters. The molecule has 8 nitrogen and oxygen atoms in total. The molecule has 1 aromatic carbocycles. The van der Waals surface area contributed by atoms with Gasteiger partial charge in [0, 0.05) is 11.6 Å². The van der Waals surface area contributed by atoms with Crippen LogP contribution in [0.2, 0.25) is 0 Å². The number of nitrogen functional groups attached to an aromatic ring is 1. The summed E-state index contributed by atoms with van der Waals surface area (Å²) < 4.78 is 5.28. The molecule has 23 heavy (non-hydrogen) atoms. The topological polar surface area (TPSA) is 139 Å². The van der Waals surface area contributed by atoms with E-state index in [2.05, 4.69) is 4.98 Å². The number of hydrogen-bond donors (Lipinski definition) is 1. The van der Waals surface area contributed by atoms with Crippen molar-refractivity contribution in [3.8, 4) is 29.1 Å². The van der Waals surface area contributed by atoms with E-state index in [0.717, 1.165) is 0 Å². The highest BCUT2D eigenvalue weighted by molar-refractivity contribution is 5.86. The first-order valence-corrected chi connectivity index (χ1v) is 6.55. The Labute approximate surface area is 131 Å². The average Bonchev–Trinajstić information content (AvgIpc) is 2.54. The van der Waals surface area contributed by atoms with Crippen LogP contribution in [0.3, 0.4) is 0 Å². The molecule has 0 amide bonds. The van der Waals surface area contributed by atoms with Gasteiger partial charge in [0.15, 0.2) is 0 Å². The van der Waals surface area contributed by atoms with E-state index in [1.54, 1.807) is 13.0 Å². The predicted molar refractivity (Wildman–Crippen MR) is 81.3 cm³/mol. The smallest absolute Gasteiger partial charge is 0.277 e. The standard InChI is InChI=1S/C15H11N5O3/c1-2-23-15-11(8-17)13(10(7-16)14(18)19-15)9-5-3-4-6-12(9)20(21)22/h3-6H,2H2,1H3,(H2,18,19). The zero-order valence-corrected chi connectivity index (χ0v) is 12.1. The molecule has 114 valence electrons. The summed E-state index contributed by atoms with van der Waals surface area (Å²) in [5.41, 5.74) is 5.52. The van der Waals surface area contributed by atoms with Crippen molar-refractivity contribution in [2.75, 3.05) is 12.3 Å². The summed E-state index contributed by atoms with van der Waals surface area (Å²) in [6.07, 6.45) is 0. The molecule has 2 aromatic rings. The van der Waals surface area contributed by atoms with Gasteiger partial charge in [0.05, 0.1) is 17.1 Å². The fraction of sp³-hybridized carbons (Fsp3) is 0.133. The van der Waals surface area contributed by atoms with Gasteiger partial charge in [-0.25, -0.2) is 0 Å². The molecule has 0 aliphatic rings. The fourth-order valence-electron chi connectivity index (χ4n) is 2.15. The maximum Gasteiger partial charge on any atom is 0.277 e. The van der Waals surface area contributed by atoms with Crippen LogP contribution < -0.4 is 10.5 Å². The number of nitro benzene ring substituents is 1. The molecular weight excluding hydrogens is 298 g/mol. The summed E-state index contributed by atoms with van der Waals surface area (Å²) in [6, 6.07) is 9.55. The van der Waals surface area contributed by atoms with Gasteiger partial charge in [-0.3, -0.25) is 10.1 Å². The zero-order valence-electron chi connectivity index (χ0n) is 12.1. The van der Waals surface area contributed by atoms with Gasteiger partial charge in [0.1, 0.15) is 29.1 Å². The quantitative estimate of drug-likeness (QED) is 0.675. The fourth-order valence-corrected chi connectivity index (χ4v) is 2.15. The van der Waals surface area contributed by atoms with Crippen molar-refractivity contribution in [3.63, 3.8) is 0 Å². The van der Waals surface area contributed by atoms with Crippen molar-refractivity contribution in [3.05, 3.63) is 45.5 Å². The van der Waals surface area contributed by atoms with Crippen LogP contribution >= 0.6 is 0 Å². The maximum atomic E-state index is 11.3. The lowest BCUT2D eigenvalue weighted by Gasteiger charge is -2.13. The minimum atomic E-state index is -0.589. The highest BCUT2D eigenvalue weighted by atomic mass is 16.6. The van der Waals surface area contributed by atoms with Crippen LogP contribution in [0.25, 0.3) is 11.1 Å². The third-order valence-corrected chi connectivity index (χ3v) is 3.07. The lowest BCUT2D eigenvalue weighted by molar-refractivity contribution is -0.384. The van der Waals surface area contributed by atoms with E-state index in [4.69, 9.17) is 10.5 Å².